The van der Waals surface area contributed by atoms with E-state index in [2.05, 4.69) is 72.5 Å². The van der Waals surface area contributed by atoms with Crippen molar-refractivity contribution in [2.45, 2.75) is 38.1 Å². The second-order valence-corrected chi connectivity index (χ2v) is 9.86. The summed E-state index contributed by atoms with van der Waals surface area (Å²) >= 11 is 0. The van der Waals surface area contributed by atoms with E-state index < -0.39 is 0 Å². The highest BCUT2D eigenvalue weighted by molar-refractivity contribution is 5.73. The van der Waals surface area contributed by atoms with E-state index in [0.29, 0.717) is 11.8 Å². The van der Waals surface area contributed by atoms with Crippen LogP contribution in [-0.4, -0.2) is 18.6 Å². The largest absolute Gasteiger partial charge is 0.370 e. The molecule has 4 nitrogen and oxygen atoms in total. The van der Waals surface area contributed by atoms with E-state index in [4.69, 9.17) is 0 Å². The van der Waals surface area contributed by atoms with Crippen LogP contribution in [0.15, 0.2) is 73.7 Å². The molecular weight excluding hydrogens is 404 g/mol. The van der Waals surface area contributed by atoms with E-state index in [0.717, 1.165) is 61.5 Å². The summed E-state index contributed by atoms with van der Waals surface area (Å²) < 4.78 is 0. The number of piperidine rings is 1. The number of hydrogen-bond donors (Lipinski definition) is 2. The lowest BCUT2D eigenvalue weighted by Gasteiger charge is -2.45. The van der Waals surface area contributed by atoms with Crippen LogP contribution in [0.4, 0.5) is 5.69 Å². The zero-order valence-corrected chi connectivity index (χ0v) is 19.5. The first-order chi connectivity index (χ1) is 15.9. The molecule has 0 saturated carbocycles. The van der Waals surface area contributed by atoms with Crippen molar-refractivity contribution >= 4 is 11.3 Å². The lowest BCUT2D eigenvalue weighted by atomic mass is 9.70. The van der Waals surface area contributed by atoms with Crippen LogP contribution in [-0.2, 0) is 6.42 Å². The number of hydrogen-bond acceptors (Lipinski definition) is 4. The molecule has 3 aliphatic rings. The van der Waals surface area contributed by atoms with Crippen molar-refractivity contribution in [1.29, 1.82) is 5.26 Å². The summed E-state index contributed by atoms with van der Waals surface area (Å²) in [5.41, 5.74) is 7.88. The molecule has 0 amide bonds. The quantitative estimate of drug-likeness (QED) is 0.685. The molecule has 2 heterocycles. The highest BCUT2D eigenvalue weighted by atomic mass is 15.2. The fourth-order valence-corrected chi connectivity index (χ4v) is 6.21. The predicted octanol–water partition coefficient (Wildman–Crippen LogP) is 5.28. The van der Waals surface area contributed by atoms with Gasteiger partial charge in [0.1, 0.15) is 6.07 Å². The number of fused-ring (bicyclic) bond motifs is 1. The Bertz CT molecular complexity index is 1180. The Labute approximate surface area is 197 Å². The summed E-state index contributed by atoms with van der Waals surface area (Å²) in [5, 5.41) is 16.7. The normalized spacial score (nSPS) is 24.9. The molecular formula is C29H32N4. The molecule has 2 atom stereocenters. The van der Waals surface area contributed by atoms with Crippen LogP contribution in [0.1, 0.15) is 41.5 Å². The van der Waals surface area contributed by atoms with Crippen LogP contribution < -0.4 is 15.5 Å². The van der Waals surface area contributed by atoms with E-state index in [1.165, 1.54) is 22.3 Å². The number of nitrogens with zero attached hydrogens (tertiary/aromatic N) is 2. The Morgan fingerprint density at radius 3 is 2.58 bits per heavy atom. The van der Waals surface area contributed by atoms with E-state index in [1.54, 1.807) is 0 Å². The molecule has 2 saturated heterocycles. The highest BCUT2D eigenvalue weighted by Crippen LogP contribution is 2.47. The Morgan fingerprint density at radius 1 is 1.12 bits per heavy atom. The molecule has 2 aliphatic heterocycles. The minimum absolute atomic E-state index is 0.234. The Hall–Kier alpha value is -3.45. The molecule has 0 spiro atoms. The van der Waals surface area contributed by atoms with Crippen molar-refractivity contribution in [3.05, 3.63) is 96.0 Å². The average Bonchev–Trinajstić information content (AvgIpc) is 3.28. The van der Waals surface area contributed by atoms with Crippen molar-refractivity contribution < 1.29 is 0 Å². The molecule has 2 N–H and O–H groups in total. The van der Waals surface area contributed by atoms with Gasteiger partial charge in [-0.25, -0.2) is 0 Å². The fourth-order valence-electron chi connectivity index (χ4n) is 6.21. The topological polar surface area (TPSA) is 51.1 Å². The van der Waals surface area contributed by atoms with Crippen LogP contribution in [0.5, 0.6) is 0 Å². The van der Waals surface area contributed by atoms with Crippen LogP contribution in [0.25, 0.3) is 5.57 Å². The van der Waals surface area contributed by atoms with Gasteiger partial charge in [-0.15, -0.1) is 0 Å². The third kappa shape index (κ3) is 3.62. The van der Waals surface area contributed by atoms with Crippen LogP contribution >= 0.6 is 0 Å². The van der Waals surface area contributed by atoms with Crippen molar-refractivity contribution in [3.8, 4) is 6.07 Å². The average molecular weight is 437 g/mol. The number of aryl methyl sites for hydroxylation is 1. The third-order valence-corrected chi connectivity index (χ3v) is 7.91. The summed E-state index contributed by atoms with van der Waals surface area (Å²) in [4.78, 5) is 2.36. The van der Waals surface area contributed by atoms with Crippen LogP contribution in [0.3, 0.4) is 0 Å². The monoisotopic (exact) mass is 436 g/mol. The summed E-state index contributed by atoms with van der Waals surface area (Å²) in [7, 11) is 0. The lowest BCUT2D eigenvalue weighted by molar-refractivity contribution is 0.212. The standard InChI is InChI=1S/C29H32N4/c1-19-9-10-27-20(2)25(16-24(27)15-19)17-29(21(3)31-22(4)32-29)26-11-13-33(14-12-26)28-8-6-5-7-23(28)18-30/h5-10,15,25-26,31-32H,2-4,11-14,16-17H2,1H3. The Balaban J connectivity index is 1.37. The van der Waals surface area contributed by atoms with Crippen LogP contribution in [0.2, 0.25) is 0 Å². The van der Waals surface area contributed by atoms with Gasteiger partial charge >= 0.3 is 0 Å². The third-order valence-electron chi connectivity index (χ3n) is 7.91. The van der Waals surface area contributed by atoms with E-state index in [-0.39, 0.29) is 5.54 Å². The minimum atomic E-state index is -0.234. The predicted molar refractivity (Wildman–Crippen MR) is 135 cm³/mol. The van der Waals surface area contributed by atoms with Gasteiger partial charge in [-0.2, -0.15) is 5.26 Å². The van der Waals surface area contributed by atoms with Gasteiger partial charge in [0, 0.05) is 18.8 Å². The first-order valence-corrected chi connectivity index (χ1v) is 11.9. The highest BCUT2D eigenvalue weighted by Gasteiger charge is 2.49. The van der Waals surface area contributed by atoms with Gasteiger partial charge < -0.3 is 15.5 Å². The van der Waals surface area contributed by atoms with Gasteiger partial charge in [-0.05, 0) is 73.3 Å². The zero-order chi connectivity index (χ0) is 23.2. The number of anilines is 1. The first kappa shape index (κ1) is 21.4. The zero-order valence-electron chi connectivity index (χ0n) is 19.5. The molecule has 33 heavy (non-hydrogen) atoms. The Kier molecular flexibility index (Phi) is 5.29. The Morgan fingerprint density at radius 2 is 1.88 bits per heavy atom. The molecule has 2 aromatic rings. The number of benzene rings is 2. The maximum atomic E-state index is 9.53. The van der Waals surface area contributed by atoms with Gasteiger partial charge in [0.25, 0.3) is 0 Å². The molecule has 168 valence electrons. The summed E-state index contributed by atoms with van der Waals surface area (Å²) in [6.45, 7) is 17.1. The number of nitrogens with one attached hydrogen (secondary N) is 2. The molecule has 5 rings (SSSR count). The molecule has 4 heteroatoms. The van der Waals surface area contributed by atoms with Crippen molar-refractivity contribution in [2.24, 2.45) is 11.8 Å². The molecule has 0 radical (unpaired) electrons. The van der Waals surface area contributed by atoms with Gasteiger partial charge in [-0.1, -0.05) is 55.6 Å². The van der Waals surface area contributed by atoms with Gasteiger partial charge in [-0.3, -0.25) is 0 Å². The summed E-state index contributed by atoms with van der Waals surface area (Å²) in [6, 6.07) is 17.0. The van der Waals surface area contributed by atoms with E-state index in [1.807, 2.05) is 18.2 Å². The molecule has 0 aromatic heterocycles. The number of rotatable bonds is 4. The lowest BCUT2D eigenvalue weighted by Crippen LogP contribution is -2.53. The second-order valence-electron chi connectivity index (χ2n) is 9.86. The first-order valence-electron chi connectivity index (χ1n) is 11.9. The van der Waals surface area contributed by atoms with Crippen molar-refractivity contribution in [3.63, 3.8) is 0 Å². The van der Waals surface area contributed by atoms with Crippen LogP contribution in [0, 0.1) is 30.1 Å². The molecule has 1 aliphatic carbocycles. The van der Waals surface area contributed by atoms with Crippen molar-refractivity contribution in [1.82, 2.24) is 10.6 Å². The van der Waals surface area contributed by atoms with Gasteiger partial charge in [0.15, 0.2) is 0 Å². The molecule has 2 aromatic carbocycles. The number of para-hydroxylation sites is 1. The summed E-state index contributed by atoms with van der Waals surface area (Å²) in [5.74, 6) is 1.66. The maximum absolute atomic E-state index is 9.53. The second kappa shape index (κ2) is 8.15. The fraction of sp³-hybridized carbons (Fsp3) is 0.345. The maximum Gasteiger partial charge on any atom is 0.101 e. The van der Waals surface area contributed by atoms with Crippen molar-refractivity contribution in [2.75, 3.05) is 18.0 Å². The van der Waals surface area contributed by atoms with Gasteiger partial charge in [0.2, 0.25) is 0 Å². The molecule has 0 bridgehead atoms. The SMILES string of the molecule is C=C1NC(=C)C(CC2Cc3cc(C)ccc3C2=C)(C2CCN(c3ccccc3C#N)CC2)N1. The van der Waals surface area contributed by atoms with Gasteiger partial charge in [0.05, 0.1) is 22.6 Å². The number of allylic oxidation sites excluding steroid dienone is 1. The molecule has 2 unspecified atom stereocenters. The molecule has 2 fully saturated rings. The summed E-state index contributed by atoms with van der Waals surface area (Å²) in [6.07, 6.45) is 4.06. The van der Waals surface area contributed by atoms with E-state index >= 15 is 0 Å². The number of nitriles is 1. The minimum Gasteiger partial charge on any atom is -0.370 e. The van der Waals surface area contributed by atoms with E-state index in [9.17, 15) is 5.26 Å². The smallest absolute Gasteiger partial charge is 0.101 e.